The second kappa shape index (κ2) is 14.1. The molecule has 0 saturated heterocycles. The Balaban J connectivity index is 6.11. The zero-order valence-electron chi connectivity index (χ0n) is 15.0. The summed E-state index contributed by atoms with van der Waals surface area (Å²) in [5.74, 6) is -5.55. The fourth-order valence-electron chi connectivity index (χ4n) is 1.22. The summed E-state index contributed by atoms with van der Waals surface area (Å²) < 4.78 is 20.1. The molecule has 0 radical (unpaired) electrons. The van der Waals surface area contributed by atoms with Gasteiger partial charge < -0.3 is 0 Å². The molecule has 168 valence electrons. The van der Waals surface area contributed by atoms with Gasteiger partial charge >= 0.3 is 196 Å². The molecule has 17 heteroatoms. The van der Waals surface area contributed by atoms with Crippen molar-refractivity contribution in [3.63, 3.8) is 0 Å². The van der Waals surface area contributed by atoms with E-state index in [9.17, 15) is 19.2 Å². The molecule has 0 bridgehead atoms. The van der Waals surface area contributed by atoms with E-state index in [0.717, 1.165) is 0 Å². The number of hydrogen-bond donors (Lipinski definition) is 8. The van der Waals surface area contributed by atoms with Gasteiger partial charge in [-0.05, 0) is 0 Å². The molecular weight excluding hydrogens is 575 g/mol. The van der Waals surface area contributed by atoms with Crippen LogP contribution >= 0.6 is 50.5 Å². The van der Waals surface area contributed by atoms with Gasteiger partial charge in [0.2, 0.25) is 0 Å². The van der Waals surface area contributed by atoms with Crippen LogP contribution in [0.15, 0.2) is 0 Å². The molecule has 0 aromatic rings. The third-order valence-corrected chi connectivity index (χ3v) is 9.62. The van der Waals surface area contributed by atoms with E-state index in [4.69, 9.17) is 35.2 Å². The summed E-state index contributed by atoms with van der Waals surface area (Å²) >= 11 is 9.19. The first-order valence-electron chi connectivity index (χ1n) is 7.84. The van der Waals surface area contributed by atoms with Crippen LogP contribution in [0.25, 0.3) is 0 Å². The van der Waals surface area contributed by atoms with Crippen LogP contribution < -0.4 is 22.9 Å². The number of rotatable bonds is 12. The summed E-state index contributed by atoms with van der Waals surface area (Å²) in [5, 5.41) is 0. The number of carbonyl (C=O) groups is 4. The second-order valence-electron chi connectivity index (χ2n) is 5.34. The monoisotopic (exact) mass is 600 g/mol. The molecule has 12 nitrogen and oxygen atoms in total. The Hall–Kier alpha value is -0.0813. The van der Waals surface area contributed by atoms with Crippen LogP contribution in [0.1, 0.15) is 0 Å². The van der Waals surface area contributed by atoms with Crippen molar-refractivity contribution < 1.29 is 31.5 Å². The summed E-state index contributed by atoms with van der Waals surface area (Å²) in [4.78, 5) is 48.8. The van der Waals surface area contributed by atoms with Crippen LogP contribution in [0.3, 0.4) is 0 Å². The minimum atomic E-state index is -6.18. The van der Waals surface area contributed by atoms with Crippen LogP contribution in [0.5, 0.6) is 0 Å². The zero-order chi connectivity index (χ0) is 22.8. The second-order valence-corrected chi connectivity index (χ2v) is 12.0. The molecule has 0 saturated carbocycles. The fraction of sp³-hybridized carbons (Fsp3) is 0.667. The Morgan fingerprint density at radius 3 is 0.862 bits per heavy atom. The summed E-state index contributed by atoms with van der Waals surface area (Å²) in [6.45, 7) is 0. The normalized spacial score (nSPS) is 15.4. The minimum absolute atomic E-state index is 0.181. The van der Waals surface area contributed by atoms with E-state index in [1.54, 1.807) is 0 Å². The van der Waals surface area contributed by atoms with Crippen molar-refractivity contribution in [1.29, 1.82) is 0 Å². The van der Waals surface area contributed by atoms with Gasteiger partial charge in [0, 0.05) is 0 Å². The van der Waals surface area contributed by atoms with Crippen molar-refractivity contribution in [2.45, 2.75) is 24.2 Å². The average Bonchev–Trinajstić information content (AvgIpc) is 2.70. The number of hydrogen-bond acceptors (Lipinski definition) is 16. The van der Waals surface area contributed by atoms with Gasteiger partial charge in [0.05, 0.1) is 0 Å². The molecule has 0 heterocycles. The molecule has 0 aliphatic rings. The van der Waals surface area contributed by atoms with Crippen LogP contribution in [0.2, 0.25) is 0 Å². The van der Waals surface area contributed by atoms with Crippen LogP contribution in [-0.4, -0.2) is 91.1 Å². The van der Waals surface area contributed by atoms with Gasteiger partial charge in [-0.25, -0.2) is 0 Å². The number of carbonyl (C=O) groups excluding carboxylic acids is 4. The third-order valence-electron chi connectivity index (χ3n) is 2.90. The zero-order valence-corrected chi connectivity index (χ0v) is 21.4. The van der Waals surface area contributed by atoms with Crippen molar-refractivity contribution in [2.24, 2.45) is 22.9 Å². The maximum absolute atomic E-state index is 12.2. The summed E-state index contributed by atoms with van der Waals surface area (Å²) in [6.07, 6.45) is 0. The van der Waals surface area contributed by atoms with Gasteiger partial charge in [-0.15, -0.1) is 0 Å². The topological polar surface area (TPSA) is 209 Å². The molecule has 0 amide bonds. The molecule has 0 aliphatic carbocycles. The summed E-state index contributed by atoms with van der Waals surface area (Å²) in [5.41, 5.74) is 22.1. The van der Waals surface area contributed by atoms with Gasteiger partial charge in [-0.1, -0.05) is 0 Å². The Labute approximate surface area is 195 Å². The average molecular weight is 599 g/mol. The Morgan fingerprint density at radius 2 is 0.724 bits per heavy atom. The van der Waals surface area contributed by atoms with E-state index < -0.39 is 68.1 Å². The van der Waals surface area contributed by atoms with Crippen LogP contribution in [0.4, 0.5) is 0 Å². The Kier molecular flexibility index (Phi) is 14.0. The van der Waals surface area contributed by atoms with Crippen molar-refractivity contribution in [2.75, 3.05) is 23.0 Å². The molecule has 0 aliphatic heterocycles. The molecule has 4 atom stereocenters. The Bertz CT molecular complexity index is 503. The number of thiol groups is 4. The first kappa shape index (κ1) is 28.9. The predicted molar refractivity (Wildman–Crippen MR) is 117 cm³/mol. The molecule has 29 heavy (non-hydrogen) atoms. The van der Waals surface area contributed by atoms with E-state index in [2.05, 4.69) is 50.5 Å². The van der Waals surface area contributed by atoms with Crippen LogP contribution in [-0.2, 0) is 31.5 Å². The van der Waals surface area contributed by atoms with E-state index in [1.807, 2.05) is 0 Å². The van der Waals surface area contributed by atoms with E-state index in [-0.39, 0.29) is 23.0 Å². The predicted octanol–water partition coefficient (Wildman–Crippen LogP) is -3.38. The fourth-order valence-corrected chi connectivity index (χ4v) is 7.07. The van der Waals surface area contributed by atoms with Crippen molar-refractivity contribution in [3.05, 3.63) is 0 Å². The van der Waals surface area contributed by atoms with E-state index >= 15 is 0 Å². The molecule has 0 aromatic carbocycles. The standard InChI is InChI=1S/4C3H7NO2S.Sn/c4*4-2(1-7)3(5)6;/h4*2,7H,1,4H2,(H,5,6);/q;;;;+4/p-4/t4*2-;/m1110./s1. The SMILES string of the molecule is N[C@H](CS)C(=O)[O][Sn]([O]C(=O)[C@H](N)CS)([O]C(=O)[C@H](N)CS)[O]C(=O)[C@@H](N)CS. The summed E-state index contributed by atoms with van der Waals surface area (Å²) in [7, 11) is 0. The van der Waals surface area contributed by atoms with Gasteiger partial charge in [0.25, 0.3) is 0 Å². The van der Waals surface area contributed by atoms with Gasteiger partial charge in [0.15, 0.2) is 0 Å². The van der Waals surface area contributed by atoms with Gasteiger partial charge in [0.1, 0.15) is 0 Å². The van der Waals surface area contributed by atoms with E-state index in [1.165, 1.54) is 0 Å². The summed E-state index contributed by atoms with van der Waals surface area (Å²) in [6, 6.07) is -5.27. The first-order chi connectivity index (χ1) is 13.5. The molecule has 0 aromatic heterocycles. The molecule has 0 fully saturated rings. The molecular formula is C12H24N4O8S4Sn. The Morgan fingerprint density at radius 1 is 0.552 bits per heavy atom. The molecule has 0 spiro atoms. The third kappa shape index (κ3) is 9.72. The molecule has 0 unspecified atom stereocenters. The van der Waals surface area contributed by atoms with Gasteiger partial charge in [-0.3, -0.25) is 0 Å². The number of nitrogens with two attached hydrogens (primary N) is 4. The maximum atomic E-state index is 12.2. The van der Waals surface area contributed by atoms with Gasteiger partial charge in [-0.2, -0.15) is 0 Å². The van der Waals surface area contributed by atoms with E-state index in [0.29, 0.717) is 0 Å². The van der Waals surface area contributed by atoms with Crippen molar-refractivity contribution in [3.8, 4) is 0 Å². The molecule has 8 N–H and O–H groups in total. The first-order valence-corrected chi connectivity index (χ1v) is 15.0. The van der Waals surface area contributed by atoms with Crippen molar-refractivity contribution >= 4 is 94.4 Å². The van der Waals surface area contributed by atoms with Crippen LogP contribution in [0, 0.1) is 0 Å². The quantitative estimate of drug-likeness (QED) is 0.0817. The molecule has 0 rings (SSSR count). The van der Waals surface area contributed by atoms with Crippen molar-refractivity contribution in [1.82, 2.24) is 0 Å².